The topological polar surface area (TPSA) is 59.6 Å². The zero-order valence-corrected chi connectivity index (χ0v) is 16.6. The number of halogens is 2. The second-order valence-corrected chi connectivity index (χ2v) is 7.27. The summed E-state index contributed by atoms with van der Waals surface area (Å²) in [5.74, 6) is 0.291. The summed E-state index contributed by atoms with van der Waals surface area (Å²) in [5, 5.41) is 5.95. The highest BCUT2D eigenvalue weighted by atomic mass is 79.9. The number of hydrogen-bond donors (Lipinski definition) is 2. The van der Waals surface area contributed by atoms with Crippen LogP contribution in [-0.2, 0) is 10.3 Å². The van der Waals surface area contributed by atoms with E-state index in [1.807, 2.05) is 13.0 Å². The number of nitrogens with one attached hydrogen (secondary N) is 2. The number of ether oxygens (including phenoxy) is 2. The van der Waals surface area contributed by atoms with Crippen LogP contribution in [0.4, 0.5) is 14.9 Å². The monoisotopic (exact) mass is 436 g/mol. The zero-order valence-electron chi connectivity index (χ0n) is 15.1. The second kappa shape index (κ2) is 8.71. The minimum atomic E-state index is -0.603. The van der Waals surface area contributed by atoms with Crippen LogP contribution < -0.4 is 15.4 Å². The molecule has 0 radical (unpaired) electrons. The van der Waals surface area contributed by atoms with Gasteiger partial charge in [-0.2, -0.15) is 0 Å². The molecule has 1 fully saturated rings. The van der Waals surface area contributed by atoms with Crippen molar-refractivity contribution >= 4 is 27.6 Å². The largest absolute Gasteiger partial charge is 0.492 e. The summed E-state index contributed by atoms with van der Waals surface area (Å²) in [6, 6.07) is 11.3. The third kappa shape index (κ3) is 4.78. The highest BCUT2D eigenvalue weighted by Crippen LogP contribution is 2.33. The molecule has 2 aromatic carbocycles. The highest BCUT2D eigenvalue weighted by Gasteiger charge is 2.36. The lowest BCUT2D eigenvalue weighted by Gasteiger charge is -2.38. The molecule has 1 aliphatic rings. The predicted octanol–water partition coefficient (Wildman–Crippen LogP) is 4.81. The maximum Gasteiger partial charge on any atom is 0.320 e. The first kappa shape index (κ1) is 19.6. The van der Waals surface area contributed by atoms with Gasteiger partial charge in [-0.15, -0.1) is 0 Å². The van der Waals surface area contributed by atoms with Crippen LogP contribution >= 0.6 is 15.9 Å². The van der Waals surface area contributed by atoms with Crippen LogP contribution in [0.25, 0.3) is 0 Å². The third-order valence-electron chi connectivity index (χ3n) is 4.59. The summed E-state index contributed by atoms with van der Waals surface area (Å²) < 4.78 is 25.2. The summed E-state index contributed by atoms with van der Waals surface area (Å²) in [7, 11) is 0. The molecule has 1 aliphatic heterocycles. The Balaban J connectivity index is 1.81. The fourth-order valence-electron chi connectivity index (χ4n) is 3.23. The molecule has 2 amide bonds. The minimum Gasteiger partial charge on any atom is -0.492 e. The average molecular weight is 437 g/mol. The van der Waals surface area contributed by atoms with Crippen molar-refractivity contribution in [2.75, 3.05) is 25.1 Å². The quantitative estimate of drug-likeness (QED) is 0.706. The van der Waals surface area contributed by atoms with Gasteiger partial charge in [-0.1, -0.05) is 28.1 Å². The van der Waals surface area contributed by atoms with E-state index in [-0.39, 0.29) is 11.8 Å². The Morgan fingerprint density at radius 2 is 1.93 bits per heavy atom. The summed E-state index contributed by atoms with van der Waals surface area (Å²) in [5.41, 5.74) is 0.833. The minimum absolute atomic E-state index is 0.305. The van der Waals surface area contributed by atoms with Gasteiger partial charge in [0.1, 0.15) is 11.6 Å². The first-order valence-electron chi connectivity index (χ1n) is 8.88. The molecule has 5 nitrogen and oxygen atoms in total. The normalized spacial score (nSPS) is 15.8. The van der Waals surface area contributed by atoms with Gasteiger partial charge in [0.15, 0.2) is 0 Å². The number of rotatable bonds is 5. The van der Waals surface area contributed by atoms with E-state index in [0.717, 1.165) is 10.0 Å². The predicted molar refractivity (Wildman–Crippen MR) is 106 cm³/mol. The second-order valence-electron chi connectivity index (χ2n) is 6.35. The molecule has 144 valence electrons. The highest BCUT2D eigenvalue weighted by molar-refractivity contribution is 9.10. The van der Waals surface area contributed by atoms with Crippen LogP contribution in [0.3, 0.4) is 0 Å². The number of hydrogen-bond acceptors (Lipinski definition) is 3. The Bertz CT molecular complexity index is 792. The van der Waals surface area contributed by atoms with E-state index < -0.39 is 5.54 Å². The molecule has 0 unspecified atom stereocenters. The lowest BCUT2D eigenvalue weighted by Crippen LogP contribution is -2.50. The number of benzene rings is 2. The molecule has 1 heterocycles. The number of carbonyl (C=O) groups is 1. The fourth-order valence-corrected chi connectivity index (χ4v) is 3.59. The van der Waals surface area contributed by atoms with E-state index in [9.17, 15) is 9.18 Å². The summed E-state index contributed by atoms with van der Waals surface area (Å²) in [6.07, 6.45) is 1.23. The van der Waals surface area contributed by atoms with Gasteiger partial charge < -0.3 is 20.1 Å². The molecule has 2 aromatic rings. The van der Waals surface area contributed by atoms with Gasteiger partial charge >= 0.3 is 6.03 Å². The van der Waals surface area contributed by atoms with Crippen molar-refractivity contribution < 1.29 is 18.7 Å². The van der Waals surface area contributed by atoms with E-state index >= 15 is 0 Å². The Kier molecular flexibility index (Phi) is 6.34. The van der Waals surface area contributed by atoms with Gasteiger partial charge in [0.05, 0.1) is 17.8 Å². The van der Waals surface area contributed by atoms with Gasteiger partial charge in [-0.05, 0) is 55.7 Å². The summed E-state index contributed by atoms with van der Waals surface area (Å²) >= 11 is 3.41. The molecule has 1 saturated heterocycles. The standard InChI is InChI=1S/C20H22BrFN2O3/c1-2-27-18-8-5-15(21)13-17(18)23-19(25)24-20(9-11-26-12-10-20)14-3-6-16(22)7-4-14/h3-8,13H,2,9-12H2,1H3,(H2,23,24,25). The third-order valence-corrected chi connectivity index (χ3v) is 5.08. The van der Waals surface area contributed by atoms with Crippen LogP contribution in [0.15, 0.2) is 46.9 Å². The average Bonchev–Trinajstić information content (AvgIpc) is 2.65. The zero-order chi connectivity index (χ0) is 19.3. The van der Waals surface area contributed by atoms with Gasteiger partial charge in [-0.25, -0.2) is 9.18 Å². The molecule has 27 heavy (non-hydrogen) atoms. The molecule has 3 rings (SSSR count). The van der Waals surface area contributed by atoms with Gasteiger partial charge in [0.25, 0.3) is 0 Å². The van der Waals surface area contributed by atoms with Crippen LogP contribution in [0.5, 0.6) is 5.75 Å². The van der Waals surface area contributed by atoms with Crippen LogP contribution in [-0.4, -0.2) is 25.9 Å². The Hall–Kier alpha value is -2.12. The van der Waals surface area contributed by atoms with E-state index in [0.29, 0.717) is 44.1 Å². The summed E-state index contributed by atoms with van der Waals surface area (Å²) in [4.78, 5) is 12.8. The van der Waals surface area contributed by atoms with E-state index in [1.54, 1.807) is 24.3 Å². The van der Waals surface area contributed by atoms with Crippen molar-refractivity contribution in [3.05, 3.63) is 58.3 Å². The molecule has 0 spiro atoms. The molecule has 0 bridgehead atoms. The number of urea groups is 1. The SMILES string of the molecule is CCOc1ccc(Br)cc1NC(=O)NC1(c2ccc(F)cc2)CCOCC1. The summed E-state index contributed by atoms with van der Waals surface area (Å²) in [6.45, 7) is 3.43. The van der Waals surface area contributed by atoms with Crippen molar-refractivity contribution in [3.8, 4) is 5.75 Å². The smallest absolute Gasteiger partial charge is 0.320 e. The lowest BCUT2D eigenvalue weighted by atomic mass is 9.83. The number of amides is 2. The van der Waals surface area contributed by atoms with E-state index in [1.165, 1.54) is 12.1 Å². The molecular weight excluding hydrogens is 415 g/mol. The molecule has 0 atom stereocenters. The molecule has 0 aromatic heterocycles. The lowest BCUT2D eigenvalue weighted by molar-refractivity contribution is 0.0417. The van der Waals surface area contributed by atoms with Crippen molar-refractivity contribution in [2.45, 2.75) is 25.3 Å². The van der Waals surface area contributed by atoms with Crippen molar-refractivity contribution in [2.24, 2.45) is 0 Å². The molecule has 7 heteroatoms. The van der Waals surface area contributed by atoms with E-state index in [2.05, 4.69) is 26.6 Å². The molecule has 0 aliphatic carbocycles. The Morgan fingerprint density at radius 1 is 1.22 bits per heavy atom. The van der Waals surface area contributed by atoms with Crippen molar-refractivity contribution in [3.63, 3.8) is 0 Å². The molecule has 2 N–H and O–H groups in total. The first-order valence-corrected chi connectivity index (χ1v) is 9.67. The fraction of sp³-hybridized carbons (Fsp3) is 0.350. The maximum absolute atomic E-state index is 13.3. The van der Waals surface area contributed by atoms with Gasteiger partial charge in [-0.3, -0.25) is 0 Å². The number of anilines is 1. The van der Waals surface area contributed by atoms with Crippen LogP contribution in [0.2, 0.25) is 0 Å². The molecule has 0 saturated carbocycles. The Morgan fingerprint density at radius 3 is 2.59 bits per heavy atom. The van der Waals surface area contributed by atoms with Crippen LogP contribution in [0.1, 0.15) is 25.3 Å². The first-order chi connectivity index (χ1) is 13.0. The number of carbonyl (C=O) groups excluding carboxylic acids is 1. The van der Waals surface area contributed by atoms with Crippen LogP contribution in [0, 0.1) is 5.82 Å². The van der Waals surface area contributed by atoms with Crippen molar-refractivity contribution in [1.82, 2.24) is 5.32 Å². The van der Waals surface area contributed by atoms with E-state index in [4.69, 9.17) is 9.47 Å². The van der Waals surface area contributed by atoms with Gasteiger partial charge in [0, 0.05) is 17.7 Å². The van der Waals surface area contributed by atoms with Crippen molar-refractivity contribution in [1.29, 1.82) is 0 Å². The van der Waals surface area contributed by atoms with Gasteiger partial charge in [0.2, 0.25) is 0 Å². The molecular formula is C20H22BrFN2O3. The maximum atomic E-state index is 13.3. The Labute approximate surface area is 166 Å².